The molecule has 0 saturated heterocycles. The van der Waals surface area contributed by atoms with Crippen molar-refractivity contribution < 1.29 is 9.63 Å². The van der Waals surface area contributed by atoms with E-state index < -0.39 is 5.97 Å². The van der Waals surface area contributed by atoms with E-state index in [2.05, 4.69) is 9.99 Å². The molecule has 2 rings (SSSR count). The Morgan fingerprint density at radius 1 is 1.33 bits per heavy atom. The van der Waals surface area contributed by atoms with Gasteiger partial charge >= 0.3 is 5.97 Å². The third kappa shape index (κ3) is 2.07. The first-order valence-electron chi connectivity index (χ1n) is 4.40. The smallest absolute Gasteiger partial charge is 0.312 e. The Morgan fingerprint density at radius 2 is 2.00 bits per heavy atom. The van der Waals surface area contributed by atoms with Crippen molar-refractivity contribution in [2.45, 2.75) is 6.92 Å². The van der Waals surface area contributed by atoms with E-state index in [0.717, 1.165) is 5.56 Å². The van der Waals surface area contributed by atoms with Crippen LogP contribution >= 0.6 is 11.6 Å². The average Bonchev–Trinajstić information content (AvgIpc) is 2.53. The summed E-state index contributed by atoms with van der Waals surface area (Å²) >= 11 is 5.75. The largest absolute Gasteiger partial charge is 0.367 e. The molecule has 0 amide bonds. The van der Waals surface area contributed by atoms with Gasteiger partial charge in [0.2, 0.25) is 0 Å². The average molecular weight is 222 g/mol. The lowest BCUT2D eigenvalue weighted by molar-refractivity contribution is -0.136. The first kappa shape index (κ1) is 9.93. The third-order valence-electron chi connectivity index (χ3n) is 2.06. The first-order valence-corrected chi connectivity index (χ1v) is 4.78. The van der Waals surface area contributed by atoms with E-state index in [1.807, 2.05) is 12.1 Å². The predicted octanol–water partition coefficient (Wildman–Crippen LogP) is 2.66. The molecule has 0 aromatic heterocycles. The fraction of sp³-hybridized carbons (Fsp3) is 0.0909. The van der Waals surface area contributed by atoms with Gasteiger partial charge in [-0.25, -0.2) is 4.79 Å². The molecule has 1 aromatic carbocycles. The van der Waals surface area contributed by atoms with Crippen molar-refractivity contribution in [3.8, 4) is 0 Å². The fourth-order valence-corrected chi connectivity index (χ4v) is 1.37. The molecule has 76 valence electrons. The quantitative estimate of drug-likeness (QED) is 0.540. The number of carbonyl (C=O) groups excluding carboxylic acids is 1. The van der Waals surface area contributed by atoms with Crippen molar-refractivity contribution in [2.75, 3.05) is 0 Å². The number of rotatable bonds is 1. The third-order valence-corrected chi connectivity index (χ3v) is 2.31. The number of benzene rings is 1. The highest BCUT2D eigenvalue weighted by Gasteiger charge is 2.21. The molecule has 0 aliphatic carbocycles. The molecule has 4 heteroatoms. The van der Waals surface area contributed by atoms with Gasteiger partial charge in [0.25, 0.3) is 0 Å². The Balaban J connectivity index is 2.34. The van der Waals surface area contributed by atoms with Crippen LogP contribution in [0.5, 0.6) is 0 Å². The van der Waals surface area contributed by atoms with E-state index in [9.17, 15) is 4.79 Å². The summed E-state index contributed by atoms with van der Waals surface area (Å²) in [6.45, 7) is 1.73. The highest BCUT2D eigenvalue weighted by atomic mass is 35.5. The molecule has 15 heavy (non-hydrogen) atoms. The summed E-state index contributed by atoms with van der Waals surface area (Å²) in [6, 6.07) is 7.18. The van der Waals surface area contributed by atoms with Crippen molar-refractivity contribution in [1.29, 1.82) is 0 Å². The van der Waals surface area contributed by atoms with Crippen molar-refractivity contribution in [2.24, 2.45) is 5.16 Å². The van der Waals surface area contributed by atoms with Crippen LogP contribution in [0.3, 0.4) is 0 Å². The maximum atomic E-state index is 11.2. The first-order chi connectivity index (χ1) is 7.16. The Hall–Kier alpha value is -1.61. The SMILES string of the molecule is CC1=NOC(=O)/C1=C/c1ccc(Cl)cc1. The van der Waals surface area contributed by atoms with Crippen LogP contribution in [0.2, 0.25) is 5.02 Å². The zero-order valence-electron chi connectivity index (χ0n) is 8.03. The fourth-order valence-electron chi connectivity index (χ4n) is 1.25. The summed E-state index contributed by atoms with van der Waals surface area (Å²) in [5, 5.41) is 4.25. The van der Waals surface area contributed by atoms with E-state index >= 15 is 0 Å². The standard InChI is InChI=1S/C11H8ClNO2/c1-7-10(11(14)15-13-7)6-8-2-4-9(12)5-3-8/h2-6H,1H3/b10-6+. The Morgan fingerprint density at radius 3 is 2.53 bits per heavy atom. The lowest BCUT2D eigenvalue weighted by atomic mass is 10.1. The van der Waals surface area contributed by atoms with Gasteiger partial charge in [0.15, 0.2) is 0 Å². The van der Waals surface area contributed by atoms with Crippen molar-refractivity contribution in [3.05, 3.63) is 40.4 Å². The number of hydrogen-bond donors (Lipinski definition) is 0. The van der Waals surface area contributed by atoms with Gasteiger partial charge in [-0.1, -0.05) is 28.9 Å². The molecule has 3 nitrogen and oxygen atoms in total. The van der Waals surface area contributed by atoms with Gasteiger partial charge in [0.1, 0.15) is 0 Å². The van der Waals surface area contributed by atoms with Crippen molar-refractivity contribution in [1.82, 2.24) is 0 Å². The van der Waals surface area contributed by atoms with Gasteiger partial charge < -0.3 is 4.84 Å². The molecular formula is C11H8ClNO2. The van der Waals surface area contributed by atoms with Crippen LogP contribution in [-0.4, -0.2) is 11.7 Å². The van der Waals surface area contributed by atoms with Gasteiger partial charge in [-0.05, 0) is 30.7 Å². The highest BCUT2D eigenvalue weighted by Crippen LogP contribution is 2.17. The van der Waals surface area contributed by atoms with Crippen molar-refractivity contribution in [3.63, 3.8) is 0 Å². The highest BCUT2D eigenvalue weighted by molar-refractivity contribution is 6.30. The molecular weight excluding hydrogens is 214 g/mol. The molecule has 0 bridgehead atoms. The summed E-state index contributed by atoms with van der Waals surface area (Å²) in [4.78, 5) is 15.8. The molecule has 0 atom stereocenters. The monoisotopic (exact) mass is 221 g/mol. The van der Waals surface area contributed by atoms with Crippen LogP contribution in [0.15, 0.2) is 35.0 Å². The minimum Gasteiger partial charge on any atom is -0.312 e. The van der Waals surface area contributed by atoms with E-state index in [0.29, 0.717) is 16.3 Å². The molecule has 0 fully saturated rings. The molecule has 0 saturated carbocycles. The summed E-state index contributed by atoms with van der Waals surface area (Å²) in [5.41, 5.74) is 1.97. The number of hydrogen-bond acceptors (Lipinski definition) is 3. The molecule has 1 heterocycles. The van der Waals surface area contributed by atoms with E-state index in [-0.39, 0.29) is 0 Å². The van der Waals surface area contributed by atoms with E-state index in [1.165, 1.54) is 0 Å². The minimum atomic E-state index is -0.414. The molecule has 0 N–H and O–H groups in total. The van der Waals surface area contributed by atoms with E-state index in [1.54, 1.807) is 25.1 Å². The number of oxime groups is 1. The maximum Gasteiger partial charge on any atom is 0.367 e. The van der Waals surface area contributed by atoms with Crippen molar-refractivity contribution >= 4 is 29.4 Å². The summed E-state index contributed by atoms with van der Waals surface area (Å²) in [5.74, 6) is -0.414. The molecule has 0 unspecified atom stereocenters. The van der Waals surface area contributed by atoms with Gasteiger partial charge in [-0.15, -0.1) is 0 Å². The lowest BCUT2D eigenvalue weighted by Gasteiger charge is -1.95. The number of carbonyl (C=O) groups is 1. The second-order valence-electron chi connectivity index (χ2n) is 3.17. The number of nitrogens with zero attached hydrogens (tertiary/aromatic N) is 1. The van der Waals surface area contributed by atoms with Gasteiger partial charge in [-0.3, -0.25) is 0 Å². The normalized spacial score (nSPS) is 17.9. The second-order valence-corrected chi connectivity index (χ2v) is 3.60. The van der Waals surface area contributed by atoms with Crippen LogP contribution in [0.25, 0.3) is 6.08 Å². The molecule has 0 spiro atoms. The van der Waals surface area contributed by atoms with Gasteiger partial charge in [-0.2, -0.15) is 0 Å². The second kappa shape index (κ2) is 3.87. The van der Waals surface area contributed by atoms with Crippen LogP contribution in [0.4, 0.5) is 0 Å². The Labute approximate surface area is 92.0 Å². The van der Waals surface area contributed by atoms with Gasteiger partial charge in [0.05, 0.1) is 11.3 Å². The predicted molar refractivity (Wildman–Crippen MR) is 58.6 cm³/mol. The molecule has 1 aliphatic rings. The summed E-state index contributed by atoms with van der Waals surface area (Å²) in [7, 11) is 0. The minimum absolute atomic E-state index is 0.414. The topological polar surface area (TPSA) is 38.7 Å². The zero-order valence-corrected chi connectivity index (χ0v) is 8.78. The van der Waals surface area contributed by atoms with E-state index in [4.69, 9.17) is 11.6 Å². The zero-order chi connectivity index (χ0) is 10.8. The Kier molecular flexibility index (Phi) is 2.56. The number of halogens is 1. The summed E-state index contributed by atoms with van der Waals surface area (Å²) in [6.07, 6.45) is 1.73. The maximum absolute atomic E-state index is 11.2. The van der Waals surface area contributed by atoms with Crippen LogP contribution in [0.1, 0.15) is 12.5 Å². The van der Waals surface area contributed by atoms with Gasteiger partial charge in [0, 0.05) is 5.02 Å². The lowest BCUT2D eigenvalue weighted by Crippen LogP contribution is -2.01. The van der Waals surface area contributed by atoms with Crippen LogP contribution in [0, 0.1) is 0 Å². The molecule has 0 radical (unpaired) electrons. The Bertz CT molecular complexity index is 460. The van der Waals surface area contributed by atoms with Crippen LogP contribution < -0.4 is 0 Å². The summed E-state index contributed by atoms with van der Waals surface area (Å²) < 4.78 is 0. The molecule has 1 aromatic rings. The van der Waals surface area contributed by atoms with Crippen LogP contribution in [-0.2, 0) is 9.63 Å². The molecule has 1 aliphatic heterocycles.